The lowest BCUT2D eigenvalue weighted by atomic mass is 9.76. The normalized spacial score (nSPS) is 16.2. The molecule has 1 amide bonds. The molecule has 4 aromatic rings. The van der Waals surface area contributed by atoms with Crippen molar-refractivity contribution in [2.45, 2.75) is 44.4 Å². The van der Waals surface area contributed by atoms with Crippen LogP contribution >= 0.6 is 0 Å². The second kappa shape index (κ2) is 11.0. The molecule has 2 aliphatic heterocycles. The van der Waals surface area contributed by atoms with Crippen LogP contribution in [0.25, 0.3) is 0 Å². The molecule has 6 rings (SSSR count). The summed E-state index contributed by atoms with van der Waals surface area (Å²) in [6.07, 6.45) is 0.393. The second-order valence-electron chi connectivity index (χ2n) is 11.6. The third-order valence-electron chi connectivity index (χ3n) is 7.57. The van der Waals surface area contributed by atoms with E-state index < -0.39 is 23.2 Å². The number of carbonyl (C=O) groups is 2. The number of anilines is 1. The minimum atomic E-state index is -0.866. The average molecular weight is 563 g/mol. The van der Waals surface area contributed by atoms with Gasteiger partial charge in [-0.3, -0.25) is 19.8 Å². The van der Waals surface area contributed by atoms with Gasteiger partial charge in [0.05, 0.1) is 17.3 Å². The zero-order chi connectivity index (χ0) is 29.3. The highest BCUT2D eigenvalue weighted by Crippen LogP contribution is 2.43. The van der Waals surface area contributed by atoms with Crippen LogP contribution in [0.3, 0.4) is 0 Å². The van der Waals surface area contributed by atoms with Crippen molar-refractivity contribution >= 4 is 17.6 Å². The van der Waals surface area contributed by atoms with Gasteiger partial charge in [-0.25, -0.2) is 0 Å². The highest BCUT2D eigenvalue weighted by atomic mass is 16.7. The number of amides is 1. The molecule has 0 radical (unpaired) electrons. The molecule has 1 atom stereocenters. The zero-order valence-electron chi connectivity index (χ0n) is 24.0. The van der Waals surface area contributed by atoms with E-state index in [0.29, 0.717) is 23.6 Å². The molecule has 7 heteroatoms. The predicted octanol–water partition coefficient (Wildman–Crippen LogP) is 5.60. The SMILES string of the molecule is CC(C)(C)OC(=O)CN1C(=O)[C@@H](NC(c2ccccc2)(c2ccccc2)c2ccccc2)Cc2cc3c(cc21)OCO3. The highest BCUT2D eigenvalue weighted by molar-refractivity contribution is 6.04. The van der Waals surface area contributed by atoms with Gasteiger partial charge < -0.3 is 14.2 Å². The maximum atomic E-state index is 14.4. The first kappa shape index (κ1) is 27.5. The van der Waals surface area contributed by atoms with Crippen molar-refractivity contribution in [3.63, 3.8) is 0 Å². The molecule has 0 fully saturated rings. The fourth-order valence-corrected chi connectivity index (χ4v) is 5.86. The minimum Gasteiger partial charge on any atom is -0.459 e. The van der Waals surface area contributed by atoms with Gasteiger partial charge in [0.1, 0.15) is 12.1 Å². The topological polar surface area (TPSA) is 77.1 Å². The molecule has 0 saturated heterocycles. The maximum absolute atomic E-state index is 14.4. The maximum Gasteiger partial charge on any atom is 0.326 e. The molecule has 214 valence electrons. The molecule has 2 heterocycles. The lowest BCUT2D eigenvalue weighted by Crippen LogP contribution is -2.59. The molecule has 2 aliphatic rings. The summed E-state index contributed by atoms with van der Waals surface area (Å²) in [6.45, 7) is 5.32. The Morgan fingerprint density at radius 3 is 1.83 bits per heavy atom. The smallest absolute Gasteiger partial charge is 0.326 e. The number of carbonyl (C=O) groups excluding carboxylic acids is 2. The summed E-state index contributed by atoms with van der Waals surface area (Å²) in [7, 11) is 0. The molecule has 0 unspecified atom stereocenters. The molecule has 42 heavy (non-hydrogen) atoms. The van der Waals surface area contributed by atoms with Crippen molar-refractivity contribution in [3.8, 4) is 11.5 Å². The van der Waals surface area contributed by atoms with E-state index in [1.165, 1.54) is 4.90 Å². The molecule has 0 saturated carbocycles. The number of hydrogen-bond acceptors (Lipinski definition) is 6. The number of nitrogens with zero attached hydrogens (tertiary/aromatic N) is 1. The van der Waals surface area contributed by atoms with Crippen molar-refractivity contribution in [1.82, 2.24) is 5.32 Å². The van der Waals surface area contributed by atoms with Gasteiger partial charge in [-0.15, -0.1) is 0 Å². The van der Waals surface area contributed by atoms with Crippen molar-refractivity contribution in [2.24, 2.45) is 0 Å². The van der Waals surface area contributed by atoms with Crippen molar-refractivity contribution in [3.05, 3.63) is 125 Å². The number of fused-ring (bicyclic) bond motifs is 2. The van der Waals surface area contributed by atoms with Crippen LogP contribution in [0.5, 0.6) is 11.5 Å². The molecule has 0 aliphatic carbocycles. The Bertz CT molecular complexity index is 1490. The van der Waals surface area contributed by atoms with Crippen LogP contribution in [0.15, 0.2) is 103 Å². The molecule has 0 aromatic heterocycles. The van der Waals surface area contributed by atoms with Gasteiger partial charge in [-0.1, -0.05) is 91.0 Å². The largest absolute Gasteiger partial charge is 0.459 e. The van der Waals surface area contributed by atoms with E-state index in [9.17, 15) is 9.59 Å². The van der Waals surface area contributed by atoms with Crippen LogP contribution in [0, 0.1) is 0 Å². The van der Waals surface area contributed by atoms with E-state index in [0.717, 1.165) is 22.3 Å². The van der Waals surface area contributed by atoms with E-state index in [1.54, 1.807) is 6.07 Å². The van der Waals surface area contributed by atoms with Crippen LogP contribution in [-0.4, -0.2) is 36.9 Å². The fraction of sp³-hybridized carbons (Fsp3) is 0.257. The van der Waals surface area contributed by atoms with E-state index in [-0.39, 0.29) is 19.2 Å². The molecule has 7 nitrogen and oxygen atoms in total. The van der Waals surface area contributed by atoms with Gasteiger partial charge in [-0.05, 0) is 55.5 Å². The van der Waals surface area contributed by atoms with Gasteiger partial charge in [-0.2, -0.15) is 0 Å². The minimum absolute atomic E-state index is 0.110. The Kier molecular flexibility index (Phi) is 7.21. The monoisotopic (exact) mass is 562 g/mol. The fourth-order valence-electron chi connectivity index (χ4n) is 5.86. The highest BCUT2D eigenvalue weighted by Gasteiger charge is 2.44. The Morgan fingerprint density at radius 1 is 0.833 bits per heavy atom. The molecule has 1 N–H and O–H groups in total. The average Bonchev–Trinajstić information content (AvgIpc) is 3.45. The van der Waals surface area contributed by atoms with Crippen LogP contribution < -0.4 is 19.7 Å². The van der Waals surface area contributed by atoms with Crippen molar-refractivity contribution in [2.75, 3.05) is 18.2 Å². The van der Waals surface area contributed by atoms with Gasteiger partial charge in [0.15, 0.2) is 11.5 Å². The van der Waals surface area contributed by atoms with Crippen LogP contribution in [0.4, 0.5) is 5.69 Å². The van der Waals surface area contributed by atoms with Gasteiger partial charge in [0.25, 0.3) is 0 Å². The molecular weight excluding hydrogens is 528 g/mol. The van der Waals surface area contributed by atoms with E-state index in [4.69, 9.17) is 14.2 Å². The number of esters is 1. The third-order valence-corrected chi connectivity index (χ3v) is 7.57. The Morgan fingerprint density at radius 2 is 1.33 bits per heavy atom. The summed E-state index contributed by atoms with van der Waals surface area (Å²) < 4.78 is 16.9. The summed E-state index contributed by atoms with van der Waals surface area (Å²) in [5, 5.41) is 3.81. The Labute approximate surface area is 246 Å². The molecule has 4 aromatic carbocycles. The number of benzene rings is 4. The summed E-state index contributed by atoms with van der Waals surface area (Å²) >= 11 is 0. The van der Waals surface area contributed by atoms with E-state index in [1.807, 2.05) is 81.4 Å². The van der Waals surface area contributed by atoms with E-state index in [2.05, 4.69) is 41.7 Å². The van der Waals surface area contributed by atoms with Crippen molar-refractivity contribution < 1.29 is 23.8 Å². The summed E-state index contributed by atoms with van der Waals surface area (Å²) in [5.74, 6) is 0.466. The van der Waals surface area contributed by atoms with Gasteiger partial charge >= 0.3 is 5.97 Å². The van der Waals surface area contributed by atoms with Crippen LogP contribution in [-0.2, 0) is 26.3 Å². The summed E-state index contributed by atoms with van der Waals surface area (Å²) in [6, 6.07) is 33.4. The summed E-state index contributed by atoms with van der Waals surface area (Å²) in [4.78, 5) is 29.0. The number of hydrogen-bond donors (Lipinski definition) is 1. The standard InChI is InChI=1S/C35H34N2O5/c1-34(2,3)42-32(38)22-37-29-21-31-30(40-23-41-31)20-24(29)19-28(33(37)39)36-35(25-13-7-4-8-14-25,26-15-9-5-10-16-26)27-17-11-6-12-18-27/h4-18,20-21,28,36H,19,22-23H2,1-3H3/t28-/m0/s1. The third kappa shape index (κ3) is 5.23. The molecule has 0 bridgehead atoms. The number of ether oxygens (including phenoxy) is 3. The lowest BCUT2D eigenvalue weighted by Gasteiger charge is -2.43. The van der Waals surface area contributed by atoms with Crippen LogP contribution in [0.2, 0.25) is 0 Å². The second-order valence-corrected chi connectivity index (χ2v) is 11.6. The Hall–Kier alpha value is -4.62. The van der Waals surface area contributed by atoms with Gasteiger partial charge in [0, 0.05) is 6.07 Å². The first-order valence-corrected chi connectivity index (χ1v) is 14.1. The Balaban J connectivity index is 1.48. The van der Waals surface area contributed by atoms with Crippen LogP contribution in [0.1, 0.15) is 43.0 Å². The number of nitrogens with one attached hydrogen (secondary N) is 1. The number of rotatable bonds is 7. The van der Waals surface area contributed by atoms with Gasteiger partial charge in [0.2, 0.25) is 12.7 Å². The predicted molar refractivity (Wildman–Crippen MR) is 161 cm³/mol. The zero-order valence-corrected chi connectivity index (χ0v) is 24.0. The first-order valence-electron chi connectivity index (χ1n) is 14.1. The molecular formula is C35H34N2O5. The van der Waals surface area contributed by atoms with E-state index >= 15 is 0 Å². The first-order chi connectivity index (χ1) is 20.2. The van der Waals surface area contributed by atoms with Crippen molar-refractivity contribution in [1.29, 1.82) is 0 Å². The lowest BCUT2D eigenvalue weighted by molar-refractivity contribution is -0.153. The quantitative estimate of drug-likeness (QED) is 0.234. The molecule has 0 spiro atoms. The summed E-state index contributed by atoms with van der Waals surface area (Å²) in [5.41, 5.74) is 2.92.